The number of unbranched alkanes of at least 4 members (excludes halogenated alkanes) is 20. The summed E-state index contributed by atoms with van der Waals surface area (Å²) < 4.78 is 16.8. The third-order valence-corrected chi connectivity index (χ3v) is 12.8. The van der Waals surface area contributed by atoms with Crippen molar-refractivity contribution in [1.29, 1.82) is 0 Å². The highest BCUT2D eigenvalue weighted by Gasteiger charge is 2.19. The van der Waals surface area contributed by atoms with Crippen molar-refractivity contribution in [2.24, 2.45) is 0 Å². The molecule has 77 heavy (non-hydrogen) atoms. The molecular weight excluding hydrogens is 949 g/mol. The lowest BCUT2D eigenvalue weighted by Crippen LogP contribution is -2.30. The fraction of sp³-hybridized carbons (Fsp3) is 0.620. The average Bonchev–Trinajstić information content (AvgIpc) is 3.43. The second-order valence-electron chi connectivity index (χ2n) is 20.2. The number of esters is 3. The Morgan fingerprint density at radius 1 is 0.273 bits per heavy atom. The van der Waals surface area contributed by atoms with Gasteiger partial charge >= 0.3 is 17.9 Å². The Hall–Kier alpha value is -4.71. The van der Waals surface area contributed by atoms with E-state index in [0.717, 1.165) is 148 Å². The number of allylic oxidation sites excluding steroid dienone is 24. The summed E-state index contributed by atoms with van der Waals surface area (Å²) in [6.07, 6.45) is 91.5. The highest BCUT2D eigenvalue weighted by molar-refractivity contribution is 5.71. The van der Waals surface area contributed by atoms with E-state index < -0.39 is 6.10 Å². The van der Waals surface area contributed by atoms with E-state index in [-0.39, 0.29) is 37.5 Å². The predicted octanol–water partition coefficient (Wildman–Crippen LogP) is 21.5. The van der Waals surface area contributed by atoms with Gasteiger partial charge in [0.05, 0.1) is 0 Å². The molecule has 0 rings (SSSR count). The standard InChI is InChI=1S/C71H114O6/c1-4-7-10-13-16-19-22-24-25-26-27-28-29-30-31-32-33-34-35-36-37-38-39-40-41-42-43-44-45-47-49-52-55-58-61-64-70(73)76-67-68(66-75-69(72)63-60-57-54-51-48-21-18-15-12-9-6-3)77-71(74)65-62-59-56-53-50-46-23-20-17-14-11-8-5-2/h7-8,10-11,16-17,19-20,24-25,27-28,30-31,33-34,36-37,39-40,42-43,46,50,68H,4-6,9,12-15,18,21-23,26,29,32,35,38,41,44-45,47-49,51-67H2,1-3H3/b10-7-,11-8-,19-16-,20-17-,25-24-,28-27-,31-30-,34-33-,37-36-,40-39-,43-42-,50-46-. The first-order chi connectivity index (χ1) is 38.0. The number of hydrogen-bond donors (Lipinski definition) is 0. The van der Waals surface area contributed by atoms with Gasteiger partial charge in [0.25, 0.3) is 0 Å². The van der Waals surface area contributed by atoms with Crippen LogP contribution in [0, 0.1) is 0 Å². The van der Waals surface area contributed by atoms with Crippen LogP contribution in [0.4, 0.5) is 0 Å². The summed E-state index contributed by atoms with van der Waals surface area (Å²) in [5.41, 5.74) is 0. The smallest absolute Gasteiger partial charge is 0.306 e. The van der Waals surface area contributed by atoms with Crippen LogP contribution in [-0.4, -0.2) is 37.2 Å². The van der Waals surface area contributed by atoms with Crippen LogP contribution in [0.2, 0.25) is 0 Å². The first-order valence-electron chi connectivity index (χ1n) is 31.3. The minimum atomic E-state index is -0.800. The van der Waals surface area contributed by atoms with E-state index in [9.17, 15) is 14.4 Å². The van der Waals surface area contributed by atoms with E-state index in [1.54, 1.807) is 0 Å². The number of carbonyl (C=O) groups is 3. The molecule has 0 aliphatic carbocycles. The van der Waals surface area contributed by atoms with Gasteiger partial charge in [0.2, 0.25) is 0 Å². The largest absolute Gasteiger partial charge is 0.462 e. The molecule has 0 bridgehead atoms. The van der Waals surface area contributed by atoms with Gasteiger partial charge in [-0.05, 0) is 122 Å². The molecular formula is C71H114O6. The zero-order valence-electron chi connectivity index (χ0n) is 49.7. The van der Waals surface area contributed by atoms with Crippen LogP contribution in [-0.2, 0) is 28.6 Å². The first-order valence-corrected chi connectivity index (χ1v) is 31.3. The summed E-state index contributed by atoms with van der Waals surface area (Å²) in [5.74, 6) is -0.940. The quantitative estimate of drug-likeness (QED) is 0.0261. The zero-order valence-corrected chi connectivity index (χ0v) is 49.7. The van der Waals surface area contributed by atoms with Crippen LogP contribution in [0.3, 0.4) is 0 Å². The van der Waals surface area contributed by atoms with Crippen molar-refractivity contribution in [2.45, 2.75) is 271 Å². The van der Waals surface area contributed by atoms with Gasteiger partial charge in [0.15, 0.2) is 6.10 Å². The van der Waals surface area contributed by atoms with Crippen molar-refractivity contribution in [1.82, 2.24) is 0 Å². The van der Waals surface area contributed by atoms with E-state index in [1.807, 2.05) is 0 Å². The molecule has 0 amide bonds. The van der Waals surface area contributed by atoms with Gasteiger partial charge in [-0.1, -0.05) is 269 Å². The monoisotopic (exact) mass is 1060 g/mol. The Kier molecular flexibility index (Phi) is 59.9. The van der Waals surface area contributed by atoms with Crippen LogP contribution in [0.1, 0.15) is 265 Å². The number of hydrogen-bond acceptors (Lipinski definition) is 6. The number of rotatable bonds is 55. The van der Waals surface area contributed by atoms with Crippen molar-refractivity contribution < 1.29 is 28.6 Å². The maximum atomic E-state index is 12.8. The minimum absolute atomic E-state index is 0.0953. The van der Waals surface area contributed by atoms with E-state index in [4.69, 9.17) is 14.2 Å². The molecule has 0 saturated carbocycles. The molecule has 1 unspecified atom stereocenters. The van der Waals surface area contributed by atoms with Gasteiger partial charge < -0.3 is 14.2 Å². The predicted molar refractivity (Wildman–Crippen MR) is 334 cm³/mol. The Morgan fingerprint density at radius 3 is 0.805 bits per heavy atom. The molecule has 0 N–H and O–H groups in total. The van der Waals surface area contributed by atoms with Crippen LogP contribution >= 0.6 is 0 Å². The fourth-order valence-corrected chi connectivity index (χ4v) is 8.21. The summed E-state index contributed by atoms with van der Waals surface area (Å²) in [7, 11) is 0. The molecule has 0 aliphatic heterocycles. The normalized spacial score (nSPS) is 13.1. The van der Waals surface area contributed by atoms with E-state index in [2.05, 4.69) is 167 Å². The highest BCUT2D eigenvalue weighted by atomic mass is 16.6. The maximum Gasteiger partial charge on any atom is 0.306 e. The van der Waals surface area contributed by atoms with Gasteiger partial charge in [-0.3, -0.25) is 14.4 Å². The average molecular weight is 1060 g/mol. The highest BCUT2D eigenvalue weighted by Crippen LogP contribution is 2.15. The molecule has 0 spiro atoms. The van der Waals surface area contributed by atoms with Gasteiger partial charge in [-0.2, -0.15) is 0 Å². The van der Waals surface area contributed by atoms with Crippen LogP contribution < -0.4 is 0 Å². The molecule has 0 aliphatic rings. The van der Waals surface area contributed by atoms with Crippen molar-refractivity contribution in [3.05, 3.63) is 146 Å². The third-order valence-electron chi connectivity index (χ3n) is 12.8. The summed E-state index contributed by atoms with van der Waals surface area (Å²) in [5, 5.41) is 0. The van der Waals surface area contributed by atoms with Gasteiger partial charge in [0, 0.05) is 19.3 Å². The summed E-state index contributed by atoms with van der Waals surface area (Å²) in [6, 6.07) is 0. The van der Waals surface area contributed by atoms with Crippen LogP contribution in [0.5, 0.6) is 0 Å². The molecule has 0 aromatic carbocycles. The van der Waals surface area contributed by atoms with E-state index >= 15 is 0 Å². The van der Waals surface area contributed by atoms with Gasteiger partial charge in [-0.15, -0.1) is 0 Å². The second-order valence-corrected chi connectivity index (χ2v) is 20.2. The van der Waals surface area contributed by atoms with Crippen LogP contribution in [0.15, 0.2) is 146 Å². The molecule has 0 saturated heterocycles. The van der Waals surface area contributed by atoms with Crippen molar-refractivity contribution in [3.8, 4) is 0 Å². The second kappa shape index (κ2) is 63.8. The SMILES string of the molecule is CC/C=C\C/C=C\C/C=C\C/C=C\C/C=C\C/C=C\C/C=C\C/C=C\C/C=C\CCCCCCCCCC(=O)OCC(COC(=O)CCCCCCCCCCCCC)OC(=O)CCCCC/C=C\C/C=C\C/C=C\CC. The first kappa shape index (κ1) is 72.3. The molecule has 0 aromatic heterocycles. The molecule has 6 nitrogen and oxygen atoms in total. The van der Waals surface area contributed by atoms with E-state index in [0.29, 0.717) is 12.8 Å². The third kappa shape index (κ3) is 62.0. The van der Waals surface area contributed by atoms with Gasteiger partial charge in [0.1, 0.15) is 13.2 Å². The summed E-state index contributed by atoms with van der Waals surface area (Å²) in [6.45, 7) is 6.36. The molecule has 6 heteroatoms. The van der Waals surface area contributed by atoms with Crippen molar-refractivity contribution in [2.75, 3.05) is 13.2 Å². The molecule has 0 radical (unpaired) electrons. The lowest BCUT2D eigenvalue weighted by molar-refractivity contribution is -0.167. The lowest BCUT2D eigenvalue weighted by Gasteiger charge is -2.18. The fourth-order valence-electron chi connectivity index (χ4n) is 8.21. The zero-order chi connectivity index (χ0) is 55.7. The molecule has 434 valence electrons. The Bertz CT molecular complexity index is 1700. The molecule has 0 fully saturated rings. The molecule has 0 heterocycles. The van der Waals surface area contributed by atoms with Crippen molar-refractivity contribution >= 4 is 17.9 Å². The molecule has 0 aromatic rings. The minimum Gasteiger partial charge on any atom is -0.462 e. The number of carbonyl (C=O) groups excluding carboxylic acids is 3. The topological polar surface area (TPSA) is 78.9 Å². The Labute approximate surface area is 474 Å². The van der Waals surface area contributed by atoms with Crippen molar-refractivity contribution in [3.63, 3.8) is 0 Å². The van der Waals surface area contributed by atoms with Gasteiger partial charge in [-0.25, -0.2) is 0 Å². The van der Waals surface area contributed by atoms with Crippen LogP contribution in [0.25, 0.3) is 0 Å². The number of ether oxygens (including phenoxy) is 3. The lowest BCUT2D eigenvalue weighted by atomic mass is 10.1. The summed E-state index contributed by atoms with van der Waals surface area (Å²) >= 11 is 0. The maximum absolute atomic E-state index is 12.8. The van der Waals surface area contributed by atoms with E-state index in [1.165, 1.54) is 77.0 Å². The Morgan fingerprint density at radius 2 is 0.506 bits per heavy atom. The Balaban J connectivity index is 4.23. The molecule has 1 atom stereocenters. The summed E-state index contributed by atoms with van der Waals surface area (Å²) in [4.78, 5) is 38.1.